The van der Waals surface area contributed by atoms with Crippen molar-refractivity contribution in [3.05, 3.63) is 58.6 Å². The molecule has 3 heterocycles. The van der Waals surface area contributed by atoms with Crippen LogP contribution in [0.25, 0.3) is 16.9 Å². The Kier molecular flexibility index (Phi) is 4.97. The number of para-hydroxylation sites is 1. The number of carbonyl (C=O) groups excluding carboxylic acids is 1. The number of anilines is 1. The van der Waals surface area contributed by atoms with E-state index in [1.165, 1.54) is 16.0 Å². The fraction of sp³-hybridized carbons (Fsp3) is 0.167. The number of aryl methyl sites for hydroxylation is 1. The summed E-state index contributed by atoms with van der Waals surface area (Å²) >= 11 is 2.87. The van der Waals surface area contributed by atoms with Gasteiger partial charge in [-0.1, -0.05) is 48.2 Å². The number of fused-ring (bicyclic) bond motifs is 1. The van der Waals surface area contributed by atoms with Gasteiger partial charge < -0.3 is 4.57 Å². The van der Waals surface area contributed by atoms with Gasteiger partial charge in [-0.25, -0.2) is 0 Å². The predicted octanol–water partition coefficient (Wildman–Crippen LogP) is 2.89. The summed E-state index contributed by atoms with van der Waals surface area (Å²) < 4.78 is 3.77. The van der Waals surface area contributed by atoms with Crippen LogP contribution in [0.1, 0.15) is 17.3 Å². The van der Waals surface area contributed by atoms with Crippen LogP contribution >= 0.6 is 23.1 Å². The van der Waals surface area contributed by atoms with Crippen LogP contribution < -0.4 is 10.9 Å². The van der Waals surface area contributed by atoms with E-state index in [9.17, 15) is 9.59 Å². The summed E-state index contributed by atoms with van der Waals surface area (Å²) in [6, 6.07) is 9.11. The number of pyridine rings is 1. The van der Waals surface area contributed by atoms with Crippen LogP contribution in [0.15, 0.2) is 51.9 Å². The first-order chi connectivity index (χ1) is 13.6. The SMILES string of the molecule is CCSc1nnc(NC(=O)c2cn(C)cc3c(=O)n(-c4ccccc4)nc2-3)s1. The number of rotatable bonds is 5. The molecule has 1 amide bonds. The van der Waals surface area contributed by atoms with Crippen LogP contribution in [0.5, 0.6) is 0 Å². The van der Waals surface area contributed by atoms with Crippen molar-refractivity contribution in [1.29, 1.82) is 0 Å². The van der Waals surface area contributed by atoms with E-state index < -0.39 is 0 Å². The Morgan fingerprint density at radius 2 is 2.00 bits per heavy atom. The summed E-state index contributed by atoms with van der Waals surface area (Å²) in [7, 11) is 1.76. The Hall–Kier alpha value is -2.98. The normalized spacial score (nSPS) is 11.1. The van der Waals surface area contributed by atoms with E-state index in [1.54, 1.807) is 47.9 Å². The van der Waals surface area contributed by atoms with Crippen molar-refractivity contribution >= 4 is 34.1 Å². The maximum absolute atomic E-state index is 12.9. The van der Waals surface area contributed by atoms with Crippen LogP contribution in [-0.4, -0.2) is 36.2 Å². The standard InChI is InChI=1S/C18H16N6O2S2/c1-3-27-18-21-20-17(28-18)19-15(25)12-9-23(2)10-13-14(12)22-24(16(13)26)11-7-5-4-6-8-11/h4-10H,3H2,1-2H3,(H,19,20,25). The number of aromatic nitrogens is 5. The summed E-state index contributed by atoms with van der Waals surface area (Å²) in [6.45, 7) is 2.02. The van der Waals surface area contributed by atoms with E-state index >= 15 is 0 Å². The predicted molar refractivity (Wildman–Crippen MR) is 110 cm³/mol. The molecule has 2 aliphatic rings. The topological polar surface area (TPSA) is 94.7 Å². The fourth-order valence-corrected chi connectivity index (χ4v) is 4.40. The van der Waals surface area contributed by atoms with E-state index in [-0.39, 0.29) is 11.5 Å². The molecule has 2 aromatic rings. The second-order valence-electron chi connectivity index (χ2n) is 5.91. The van der Waals surface area contributed by atoms with Gasteiger partial charge in [-0.05, 0) is 17.9 Å². The zero-order valence-electron chi connectivity index (χ0n) is 15.1. The minimum Gasteiger partial charge on any atom is -0.356 e. The lowest BCUT2D eigenvalue weighted by Crippen LogP contribution is -2.17. The van der Waals surface area contributed by atoms with Crippen LogP contribution in [0, 0.1) is 0 Å². The van der Waals surface area contributed by atoms with Crippen molar-refractivity contribution < 1.29 is 4.79 Å². The molecule has 8 nitrogen and oxygen atoms in total. The first-order valence-electron chi connectivity index (χ1n) is 8.49. The molecule has 1 N–H and O–H groups in total. The molecule has 10 heteroatoms. The lowest BCUT2D eigenvalue weighted by molar-refractivity contribution is 0.102. The Morgan fingerprint density at radius 1 is 1.21 bits per heavy atom. The van der Waals surface area contributed by atoms with E-state index in [1.807, 2.05) is 25.1 Å². The number of nitrogens with zero attached hydrogens (tertiary/aromatic N) is 5. The average molecular weight is 413 g/mol. The highest BCUT2D eigenvalue weighted by atomic mass is 32.2. The molecular weight excluding hydrogens is 396 g/mol. The van der Waals surface area contributed by atoms with Crippen molar-refractivity contribution in [2.24, 2.45) is 7.05 Å². The average Bonchev–Trinajstić information content (AvgIpc) is 3.27. The van der Waals surface area contributed by atoms with Gasteiger partial charge in [0, 0.05) is 19.4 Å². The minimum absolute atomic E-state index is 0.274. The van der Waals surface area contributed by atoms with Gasteiger partial charge in [-0.2, -0.15) is 9.78 Å². The molecule has 0 fully saturated rings. The molecule has 0 atom stereocenters. The van der Waals surface area contributed by atoms with Gasteiger partial charge in [0.05, 0.1) is 16.8 Å². The van der Waals surface area contributed by atoms with Crippen molar-refractivity contribution in [3.63, 3.8) is 0 Å². The Bertz CT molecular complexity index is 1160. The lowest BCUT2D eigenvalue weighted by Gasteiger charge is -2.08. The molecule has 1 aromatic heterocycles. The molecule has 2 aliphatic heterocycles. The number of amides is 1. The zero-order chi connectivity index (χ0) is 19.7. The highest BCUT2D eigenvalue weighted by Crippen LogP contribution is 2.27. The molecule has 142 valence electrons. The van der Waals surface area contributed by atoms with E-state index in [4.69, 9.17) is 0 Å². The molecule has 4 rings (SSSR count). The molecule has 0 saturated heterocycles. The van der Waals surface area contributed by atoms with Crippen molar-refractivity contribution in [3.8, 4) is 16.9 Å². The zero-order valence-corrected chi connectivity index (χ0v) is 16.8. The van der Waals surface area contributed by atoms with E-state index in [0.717, 1.165) is 10.1 Å². The third-order valence-corrected chi connectivity index (χ3v) is 5.79. The van der Waals surface area contributed by atoms with Crippen LogP contribution in [0.2, 0.25) is 0 Å². The molecule has 0 unspecified atom stereocenters. The number of thioether (sulfide) groups is 1. The number of hydrogen-bond donors (Lipinski definition) is 1. The van der Waals surface area contributed by atoms with Crippen LogP contribution in [-0.2, 0) is 7.05 Å². The molecule has 0 bridgehead atoms. The molecule has 0 radical (unpaired) electrons. The molecule has 0 saturated carbocycles. The number of hydrogen-bond acceptors (Lipinski definition) is 7. The molecule has 1 aromatic carbocycles. The molecule has 28 heavy (non-hydrogen) atoms. The van der Waals surface area contributed by atoms with Crippen molar-refractivity contribution in [1.82, 2.24) is 24.5 Å². The van der Waals surface area contributed by atoms with Crippen molar-refractivity contribution in [2.75, 3.05) is 11.1 Å². The Balaban J connectivity index is 1.74. The van der Waals surface area contributed by atoms with Gasteiger partial charge in [0.15, 0.2) is 4.34 Å². The number of carbonyl (C=O) groups is 1. The van der Waals surface area contributed by atoms with Gasteiger partial charge in [0.1, 0.15) is 5.69 Å². The summed E-state index contributed by atoms with van der Waals surface area (Å²) in [5.74, 6) is 0.490. The van der Waals surface area contributed by atoms with Gasteiger partial charge in [0.2, 0.25) is 5.13 Å². The van der Waals surface area contributed by atoms with Crippen LogP contribution in [0.4, 0.5) is 5.13 Å². The third kappa shape index (κ3) is 3.43. The van der Waals surface area contributed by atoms with Gasteiger partial charge in [-0.15, -0.1) is 10.2 Å². The smallest absolute Gasteiger partial charge is 0.282 e. The Morgan fingerprint density at radius 3 is 2.75 bits per heavy atom. The second-order valence-corrected chi connectivity index (χ2v) is 8.40. The van der Waals surface area contributed by atoms with Gasteiger partial charge in [0.25, 0.3) is 11.5 Å². The maximum atomic E-state index is 12.9. The second kappa shape index (κ2) is 7.56. The first-order valence-corrected chi connectivity index (χ1v) is 10.3. The summed E-state index contributed by atoms with van der Waals surface area (Å²) in [5.41, 5.74) is 1.38. The quantitative estimate of drug-likeness (QED) is 0.400. The minimum atomic E-state index is -0.386. The summed E-state index contributed by atoms with van der Waals surface area (Å²) in [5, 5.41) is 15.6. The summed E-state index contributed by atoms with van der Waals surface area (Å²) in [6.07, 6.45) is 3.31. The molecule has 0 aliphatic carbocycles. The largest absolute Gasteiger partial charge is 0.356 e. The number of benzene rings is 1. The summed E-state index contributed by atoms with van der Waals surface area (Å²) in [4.78, 5) is 25.7. The highest BCUT2D eigenvalue weighted by molar-refractivity contribution is 8.01. The third-order valence-electron chi connectivity index (χ3n) is 3.94. The number of nitrogens with one attached hydrogen (secondary N) is 1. The van der Waals surface area contributed by atoms with E-state index in [0.29, 0.717) is 27.6 Å². The van der Waals surface area contributed by atoms with E-state index in [2.05, 4.69) is 20.6 Å². The molecule has 0 spiro atoms. The highest BCUT2D eigenvalue weighted by Gasteiger charge is 2.24. The van der Waals surface area contributed by atoms with Gasteiger partial charge >= 0.3 is 0 Å². The van der Waals surface area contributed by atoms with Crippen molar-refractivity contribution in [2.45, 2.75) is 11.3 Å². The monoisotopic (exact) mass is 412 g/mol. The maximum Gasteiger partial charge on any atom is 0.282 e. The lowest BCUT2D eigenvalue weighted by atomic mass is 10.1. The fourth-order valence-electron chi connectivity index (χ4n) is 2.75. The Labute approximate surface area is 168 Å². The first kappa shape index (κ1) is 18.4. The van der Waals surface area contributed by atoms with Gasteiger partial charge in [-0.3, -0.25) is 14.9 Å². The molecular formula is C18H16N6O2S2. The van der Waals surface area contributed by atoms with Crippen LogP contribution in [0.3, 0.4) is 0 Å².